The fourth-order valence-electron chi connectivity index (χ4n) is 4.04. The van der Waals surface area contributed by atoms with Gasteiger partial charge < -0.3 is 19.1 Å². The van der Waals surface area contributed by atoms with Gasteiger partial charge in [-0.05, 0) is 41.0 Å². The van der Waals surface area contributed by atoms with E-state index in [0.717, 1.165) is 16.7 Å². The molecular weight excluding hydrogens is 478 g/mol. The van der Waals surface area contributed by atoms with E-state index in [4.69, 9.17) is 25.8 Å². The summed E-state index contributed by atoms with van der Waals surface area (Å²) in [5, 5.41) is 0.630. The van der Waals surface area contributed by atoms with Crippen molar-refractivity contribution in [3.63, 3.8) is 0 Å². The van der Waals surface area contributed by atoms with Crippen LogP contribution < -0.4 is 4.74 Å². The van der Waals surface area contributed by atoms with Crippen LogP contribution in [0.5, 0.6) is 5.75 Å². The van der Waals surface area contributed by atoms with Crippen molar-refractivity contribution in [1.29, 1.82) is 0 Å². The highest BCUT2D eigenvalue weighted by molar-refractivity contribution is 6.30. The highest BCUT2D eigenvalue weighted by atomic mass is 35.5. The van der Waals surface area contributed by atoms with Crippen molar-refractivity contribution in [2.45, 2.75) is 19.1 Å². The average Bonchev–Trinajstić information content (AvgIpc) is 2.92. The summed E-state index contributed by atoms with van der Waals surface area (Å²) >= 11 is 6.00. The van der Waals surface area contributed by atoms with Crippen molar-refractivity contribution in [3.8, 4) is 5.75 Å². The van der Waals surface area contributed by atoms with E-state index in [1.807, 2.05) is 66.7 Å². The van der Waals surface area contributed by atoms with Crippen LogP contribution in [-0.4, -0.2) is 31.1 Å². The van der Waals surface area contributed by atoms with Gasteiger partial charge in [-0.2, -0.15) is 0 Å². The summed E-state index contributed by atoms with van der Waals surface area (Å²) in [6, 6.07) is 24.6. The zero-order valence-corrected chi connectivity index (χ0v) is 20.8. The molecule has 1 aliphatic heterocycles. The van der Waals surface area contributed by atoms with Crippen LogP contribution in [0.15, 0.2) is 102 Å². The summed E-state index contributed by atoms with van der Waals surface area (Å²) in [4.78, 5) is 27.4. The van der Waals surface area contributed by atoms with E-state index in [2.05, 4.69) is 0 Å². The van der Waals surface area contributed by atoms with Crippen LogP contribution in [0, 0.1) is 0 Å². The van der Waals surface area contributed by atoms with E-state index in [9.17, 15) is 9.59 Å². The summed E-state index contributed by atoms with van der Waals surface area (Å²) in [6.45, 7) is 0.862. The molecule has 7 heteroatoms. The topological polar surface area (TPSA) is 65.1 Å². The molecule has 0 spiro atoms. The number of carbonyl (C=O) groups is 2. The molecule has 4 rings (SSSR count). The van der Waals surface area contributed by atoms with Crippen LogP contribution in [0.4, 0.5) is 0 Å². The molecule has 3 aromatic rings. The number of esters is 2. The van der Waals surface area contributed by atoms with Crippen molar-refractivity contribution in [2.24, 2.45) is 0 Å². The maximum absolute atomic E-state index is 12.8. The molecule has 6 nitrogen and oxygen atoms in total. The van der Waals surface area contributed by atoms with Crippen LogP contribution >= 0.6 is 11.6 Å². The Kier molecular flexibility index (Phi) is 8.08. The standard InChI is InChI=1S/C29H26ClNO5/c1-34-28(32)25-17-31(16-20-8-12-23(30)13-9-20)18-26(29(33)35-2)27(25)22-10-14-24(15-11-22)36-19-21-6-4-3-5-7-21/h3-15,17-18,27H,16,19H2,1-2H3. The molecule has 1 heterocycles. The summed E-state index contributed by atoms with van der Waals surface area (Å²) in [5.74, 6) is -1.04. The largest absolute Gasteiger partial charge is 0.489 e. The van der Waals surface area contributed by atoms with Crippen LogP contribution in [0.2, 0.25) is 5.02 Å². The van der Waals surface area contributed by atoms with Gasteiger partial charge in [0.05, 0.1) is 31.3 Å². The normalized spacial score (nSPS) is 13.5. The lowest BCUT2D eigenvalue weighted by Crippen LogP contribution is -2.28. The number of carbonyl (C=O) groups excluding carboxylic acids is 2. The summed E-state index contributed by atoms with van der Waals surface area (Å²) in [7, 11) is 2.64. The van der Waals surface area contributed by atoms with Crippen molar-refractivity contribution in [3.05, 3.63) is 124 Å². The number of methoxy groups -OCH3 is 2. The second kappa shape index (κ2) is 11.6. The quantitative estimate of drug-likeness (QED) is 0.371. The lowest BCUT2D eigenvalue weighted by atomic mass is 9.83. The minimum Gasteiger partial charge on any atom is -0.489 e. The third-order valence-corrected chi connectivity index (χ3v) is 6.07. The summed E-state index contributed by atoms with van der Waals surface area (Å²) in [5.41, 5.74) is 3.40. The molecule has 0 radical (unpaired) electrons. The maximum Gasteiger partial charge on any atom is 0.336 e. The number of hydrogen-bond acceptors (Lipinski definition) is 6. The first-order valence-corrected chi connectivity index (χ1v) is 11.7. The van der Waals surface area contributed by atoms with E-state index in [-0.39, 0.29) is 0 Å². The lowest BCUT2D eigenvalue weighted by molar-refractivity contribution is -0.137. The van der Waals surface area contributed by atoms with Gasteiger partial charge in [0.15, 0.2) is 0 Å². The lowest BCUT2D eigenvalue weighted by Gasteiger charge is -2.30. The molecule has 0 unspecified atom stereocenters. The second-order valence-corrected chi connectivity index (χ2v) is 8.66. The molecular formula is C29H26ClNO5. The monoisotopic (exact) mass is 503 g/mol. The molecule has 1 aliphatic rings. The third-order valence-electron chi connectivity index (χ3n) is 5.81. The summed E-state index contributed by atoms with van der Waals surface area (Å²) in [6.07, 6.45) is 3.41. The van der Waals surface area contributed by atoms with E-state index in [0.29, 0.717) is 35.1 Å². The van der Waals surface area contributed by atoms with Gasteiger partial charge in [0.1, 0.15) is 12.4 Å². The number of nitrogens with zero attached hydrogens (tertiary/aromatic N) is 1. The van der Waals surface area contributed by atoms with Gasteiger partial charge in [-0.3, -0.25) is 0 Å². The molecule has 0 saturated heterocycles. The Bertz CT molecular complexity index is 1230. The molecule has 0 N–H and O–H groups in total. The van der Waals surface area contributed by atoms with Crippen LogP contribution in [0.1, 0.15) is 22.6 Å². The Morgan fingerprint density at radius 3 is 1.92 bits per heavy atom. The minimum absolute atomic E-state index is 0.326. The Morgan fingerprint density at radius 2 is 1.36 bits per heavy atom. The number of ether oxygens (including phenoxy) is 3. The molecule has 0 fully saturated rings. The Morgan fingerprint density at radius 1 is 0.778 bits per heavy atom. The zero-order valence-electron chi connectivity index (χ0n) is 20.0. The zero-order chi connectivity index (χ0) is 25.5. The smallest absolute Gasteiger partial charge is 0.336 e. The van der Waals surface area contributed by atoms with Crippen molar-refractivity contribution in [1.82, 2.24) is 4.90 Å². The first kappa shape index (κ1) is 25.1. The van der Waals surface area contributed by atoms with Gasteiger partial charge in [0.2, 0.25) is 0 Å². The maximum atomic E-state index is 12.8. The third kappa shape index (κ3) is 5.96. The van der Waals surface area contributed by atoms with E-state index < -0.39 is 17.9 Å². The van der Waals surface area contributed by atoms with Crippen LogP contribution in [0.25, 0.3) is 0 Å². The molecule has 0 amide bonds. The van der Waals surface area contributed by atoms with Crippen molar-refractivity contribution >= 4 is 23.5 Å². The second-order valence-electron chi connectivity index (χ2n) is 8.23. The SMILES string of the molecule is COC(=O)C1=CN(Cc2ccc(Cl)cc2)C=C(C(=O)OC)C1c1ccc(OCc2ccccc2)cc1. The van der Waals surface area contributed by atoms with Gasteiger partial charge in [0.25, 0.3) is 0 Å². The Hall–Kier alpha value is -4.03. The van der Waals surface area contributed by atoms with Gasteiger partial charge in [-0.15, -0.1) is 0 Å². The first-order valence-electron chi connectivity index (χ1n) is 11.4. The summed E-state index contributed by atoms with van der Waals surface area (Å²) < 4.78 is 16.0. The molecule has 3 aromatic carbocycles. The molecule has 36 heavy (non-hydrogen) atoms. The number of halogens is 1. The van der Waals surface area contributed by atoms with Crippen molar-refractivity contribution < 1.29 is 23.8 Å². The highest BCUT2D eigenvalue weighted by Gasteiger charge is 2.35. The number of hydrogen-bond donors (Lipinski definition) is 0. The average molecular weight is 504 g/mol. The van der Waals surface area contributed by atoms with Crippen LogP contribution in [-0.2, 0) is 32.2 Å². The van der Waals surface area contributed by atoms with Gasteiger partial charge in [-0.1, -0.05) is 66.2 Å². The number of rotatable bonds is 8. The van der Waals surface area contributed by atoms with Crippen LogP contribution in [0.3, 0.4) is 0 Å². The Labute approximate surface area is 215 Å². The molecule has 0 saturated carbocycles. The van der Waals surface area contributed by atoms with E-state index in [1.165, 1.54) is 14.2 Å². The van der Waals surface area contributed by atoms with Crippen molar-refractivity contribution in [2.75, 3.05) is 14.2 Å². The first-order chi connectivity index (χ1) is 17.5. The minimum atomic E-state index is -0.658. The molecule has 0 bridgehead atoms. The molecule has 0 atom stereocenters. The molecule has 0 aliphatic carbocycles. The Balaban J connectivity index is 1.62. The van der Waals surface area contributed by atoms with Gasteiger partial charge in [-0.25, -0.2) is 9.59 Å². The highest BCUT2D eigenvalue weighted by Crippen LogP contribution is 2.38. The van der Waals surface area contributed by atoms with Gasteiger partial charge >= 0.3 is 11.9 Å². The fraction of sp³-hybridized carbons (Fsp3) is 0.172. The number of benzene rings is 3. The van der Waals surface area contributed by atoms with E-state index in [1.54, 1.807) is 29.4 Å². The van der Waals surface area contributed by atoms with Gasteiger partial charge in [0, 0.05) is 24.0 Å². The predicted molar refractivity (Wildman–Crippen MR) is 137 cm³/mol. The molecule has 184 valence electrons. The predicted octanol–water partition coefficient (Wildman–Crippen LogP) is 5.63. The molecule has 0 aromatic heterocycles. The van der Waals surface area contributed by atoms with E-state index >= 15 is 0 Å². The fourth-order valence-corrected chi connectivity index (χ4v) is 4.16.